The average Bonchev–Trinajstić information content (AvgIpc) is 2.70. The molecule has 0 unspecified atom stereocenters. The second kappa shape index (κ2) is 9.79. The number of carbonyl (C=O) groups excluding carboxylic acids is 1. The molecule has 1 aliphatic heterocycles. The van der Waals surface area contributed by atoms with E-state index in [2.05, 4.69) is 6.58 Å². The maximum atomic E-state index is 12.3. The van der Waals surface area contributed by atoms with Crippen LogP contribution >= 0.6 is 0 Å². The third-order valence-electron chi connectivity index (χ3n) is 5.57. The molecule has 0 aromatic rings. The molecule has 28 heavy (non-hydrogen) atoms. The summed E-state index contributed by atoms with van der Waals surface area (Å²) in [4.78, 5) is 12.3. The zero-order chi connectivity index (χ0) is 20.9. The van der Waals surface area contributed by atoms with E-state index in [1.807, 2.05) is 39.0 Å². The van der Waals surface area contributed by atoms with Crippen molar-refractivity contribution in [1.82, 2.24) is 0 Å². The Morgan fingerprint density at radius 1 is 1.25 bits per heavy atom. The van der Waals surface area contributed by atoms with Gasteiger partial charge in [0, 0.05) is 33.7 Å². The molecule has 1 aliphatic carbocycles. The Bertz CT molecular complexity index is 670. The largest absolute Gasteiger partial charge is 0.375 e. The average molecular weight is 391 g/mol. The lowest BCUT2D eigenvalue weighted by atomic mass is 9.75. The summed E-state index contributed by atoms with van der Waals surface area (Å²) >= 11 is 0. The highest BCUT2D eigenvalue weighted by atomic mass is 16.8. The second-order valence-electron chi connectivity index (χ2n) is 8.10. The van der Waals surface area contributed by atoms with E-state index in [0.717, 1.165) is 29.6 Å². The zero-order valence-corrected chi connectivity index (χ0v) is 18.0. The lowest BCUT2D eigenvalue weighted by molar-refractivity contribution is -0.256. The van der Waals surface area contributed by atoms with Crippen LogP contribution in [0.5, 0.6) is 0 Å². The number of hydrogen-bond donors (Lipinski definition) is 0. The van der Waals surface area contributed by atoms with E-state index in [-0.39, 0.29) is 23.2 Å². The van der Waals surface area contributed by atoms with Crippen molar-refractivity contribution in [2.75, 3.05) is 21.3 Å². The molecule has 0 aromatic carbocycles. The van der Waals surface area contributed by atoms with Gasteiger partial charge in [0.1, 0.15) is 0 Å². The molecular formula is C23H34O5. The quantitative estimate of drug-likeness (QED) is 0.653. The normalized spacial score (nSPS) is 33.2. The fourth-order valence-corrected chi connectivity index (χ4v) is 3.86. The Kier molecular flexibility index (Phi) is 7.96. The van der Waals surface area contributed by atoms with E-state index in [1.54, 1.807) is 27.4 Å². The summed E-state index contributed by atoms with van der Waals surface area (Å²) < 4.78 is 22.8. The van der Waals surface area contributed by atoms with Gasteiger partial charge in [0.15, 0.2) is 18.4 Å². The number of hydrogen-bond acceptors (Lipinski definition) is 5. The van der Waals surface area contributed by atoms with Crippen LogP contribution in [0.25, 0.3) is 0 Å². The summed E-state index contributed by atoms with van der Waals surface area (Å²) in [5.74, 6) is 0.0922. The molecule has 1 fully saturated rings. The number of fused-ring (bicyclic) bond motifs is 1. The second-order valence-corrected chi connectivity index (χ2v) is 8.10. The molecule has 1 saturated heterocycles. The third-order valence-corrected chi connectivity index (χ3v) is 5.57. The molecule has 156 valence electrons. The van der Waals surface area contributed by atoms with E-state index >= 15 is 0 Å². The molecule has 2 aliphatic rings. The minimum absolute atomic E-state index is 0.0825. The van der Waals surface area contributed by atoms with Gasteiger partial charge in [-0.25, -0.2) is 0 Å². The maximum absolute atomic E-state index is 12.3. The van der Waals surface area contributed by atoms with Gasteiger partial charge in [0.25, 0.3) is 0 Å². The molecule has 2 rings (SSSR count). The first-order valence-electron chi connectivity index (χ1n) is 9.75. The summed E-state index contributed by atoms with van der Waals surface area (Å²) in [6.45, 7) is 10.2. The van der Waals surface area contributed by atoms with E-state index in [4.69, 9.17) is 18.9 Å². The first kappa shape index (κ1) is 22.8. The summed E-state index contributed by atoms with van der Waals surface area (Å²) in [6.07, 6.45) is 8.78. The van der Waals surface area contributed by atoms with E-state index in [1.165, 1.54) is 0 Å². The number of rotatable bonds is 5. The lowest BCUT2D eigenvalue weighted by Crippen LogP contribution is -2.45. The van der Waals surface area contributed by atoms with Crippen LogP contribution in [0, 0.1) is 11.8 Å². The van der Waals surface area contributed by atoms with Crippen LogP contribution in [-0.2, 0) is 23.7 Å². The van der Waals surface area contributed by atoms with Crippen LogP contribution < -0.4 is 0 Å². The highest BCUT2D eigenvalue weighted by molar-refractivity contribution is 5.92. The minimum atomic E-state index is -0.505. The fourth-order valence-electron chi connectivity index (χ4n) is 3.86. The standard InChI is InChI=1S/C23H34O5/c1-15-10-11-18-19(9-8-12-23(3,4)27-7)21(25-5)28-22(26-6)20(18)16(2)14-17(24)13-15/h8-9,12-13,18,20-22H,2,10-11,14H2,1,3-7H3/b12-8+,15-13-,19-9-/t18-,20+,21+,22+/m1/s1. The van der Waals surface area contributed by atoms with Crippen LogP contribution in [0.15, 0.2) is 47.6 Å². The highest BCUT2D eigenvalue weighted by Gasteiger charge is 2.43. The molecule has 0 spiro atoms. The van der Waals surface area contributed by atoms with Crippen LogP contribution in [0.1, 0.15) is 40.0 Å². The molecule has 1 heterocycles. The third kappa shape index (κ3) is 5.51. The topological polar surface area (TPSA) is 54.0 Å². The van der Waals surface area contributed by atoms with Crippen molar-refractivity contribution in [2.24, 2.45) is 11.8 Å². The van der Waals surface area contributed by atoms with Crippen molar-refractivity contribution in [2.45, 2.75) is 58.2 Å². The number of carbonyl (C=O) groups is 1. The van der Waals surface area contributed by atoms with Gasteiger partial charge < -0.3 is 18.9 Å². The molecule has 0 bridgehead atoms. The van der Waals surface area contributed by atoms with Gasteiger partial charge >= 0.3 is 0 Å². The maximum Gasteiger partial charge on any atom is 0.183 e. The van der Waals surface area contributed by atoms with Crippen molar-refractivity contribution in [1.29, 1.82) is 0 Å². The van der Waals surface area contributed by atoms with Gasteiger partial charge in [-0.05, 0) is 51.2 Å². The van der Waals surface area contributed by atoms with E-state index in [0.29, 0.717) is 6.42 Å². The Labute approximate surface area is 169 Å². The van der Waals surface area contributed by atoms with Crippen LogP contribution in [0.2, 0.25) is 0 Å². The molecule has 5 heteroatoms. The monoisotopic (exact) mass is 390 g/mol. The number of ether oxygens (including phenoxy) is 4. The summed E-state index contributed by atoms with van der Waals surface area (Å²) in [6, 6.07) is 0. The summed E-state index contributed by atoms with van der Waals surface area (Å²) in [5, 5.41) is 0. The summed E-state index contributed by atoms with van der Waals surface area (Å²) in [7, 11) is 4.94. The molecular weight excluding hydrogens is 356 g/mol. The van der Waals surface area contributed by atoms with Crippen molar-refractivity contribution in [3.8, 4) is 0 Å². The molecule has 0 aromatic heterocycles. The van der Waals surface area contributed by atoms with Crippen LogP contribution in [0.3, 0.4) is 0 Å². The van der Waals surface area contributed by atoms with Gasteiger partial charge in [-0.1, -0.05) is 36.0 Å². The van der Waals surface area contributed by atoms with Gasteiger partial charge in [0.2, 0.25) is 0 Å². The molecule has 0 radical (unpaired) electrons. The Morgan fingerprint density at radius 2 is 1.96 bits per heavy atom. The van der Waals surface area contributed by atoms with Gasteiger partial charge in [-0.15, -0.1) is 0 Å². The molecule has 0 saturated carbocycles. The number of allylic oxidation sites excluding steroid dienone is 4. The molecule has 4 atom stereocenters. The summed E-state index contributed by atoms with van der Waals surface area (Å²) in [5.41, 5.74) is 2.60. The van der Waals surface area contributed by atoms with E-state index in [9.17, 15) is 4.79 Å². The van der Waals surface area contributed by atoms with Crippen molar-refractivity contribution in [3.63, 3.8) is 0 Å². The van der Waals surface area contributed by atoms with Gasteiger partial charge in [-0.3, -0.25) is 4.79 Å². The molecule has 0 amide bonds. The lowest BCUT2D eigenvalue weighted by Gasteiger charge is -2.43. The van der Waals surface area contributed by atoms with Gasteiger partial charge in [0.05, 0.1) is 5.60 Å². The Balaban J connectivity index is 2.45. The predicted octanol–water partition coefficient (Wildman–Crippen LogP) is 4.36. The first-order chi connectivity index (χ1) is 13.2. The smallest absolute Gasteiger partial charge is 0.183 e. The SMILES string of the molecule is C=C1CC(=O)/C=C(/C)CC[C@@H]2/C(=C/C=C/C(C)(C)OC)[C@@H](OC)O[C@H](OC)[C@@H]12. The molecule has 5 nitrogen and oxygen atoms in total. The fraction of sp³-hybridized carbons (Fsp3) is 0.609. The van der Waals surface area contributed by atoms with Crippen molar-refractivity contribution >= 4 is 5.78 Å². The zero-order valence-electron chi connectivity index (χ0n) is 18.0. The van der Waals surface area contributed by atoms with E-state index < -0.39 is 12.6 Å². The van der Waals surface area contributed by atoms with Crippen LogP contribution in [0.4, 0.5) is 0 Å². The number of ketones is 1. The Morgan fingerprint density at radius 3 is 2.57 bits per heavy atom. The Hall–Kier alpha value is -1.53. The van der Waals surface area contributed by atoms with Crippen LogP contribution in [-0.4, -0.2) is 45.3 Å². The number of methoxy groups -OCH3 is 3. The van der Waals surface area contributed by atoms with Gasteiger partial charge in [-0.2, -0.15) is 0 Å². The van der Waals surface area contributed by atoms with Crippen molar-refractivity contribution in [3.05, 3.63) is 47.6 Å². The molecule has 0 N–H and O–H groups in total. The first-order valence-corrected chi connectivity index (χ1v) is 9.75. The van der Waals surface area contributed by atoms with Crippen molar-refractivity contribution < 1.29 is 23.7 Å². The highest BCUT2D eigenvalue weighted by Crippen LogP contribution is 2.44. The predicted molar refractivity (Wildman–Crippen MR) is 110 cm³/mol. The minimum Gasteiger partial charge on any atom is -0.375 e.